The molecule has 116 valence electrons. The molecule has 1 aliphatic heterocycles. The molecule has 2 aromatic rings. The van der Waals surface area contributed by atoms with Crippen LogP contribution in [0.15, 0.2) is 48.6 Å². The number of carbonyl (C=O) groups is 3. The molecule has 0 aliphatic carbocycles. The predicted molar refractivity (Wildman–Crippen MR) is 85.1 cm³/mol. The van der Waals surface area contributed by atoms with E-state index in [0.29, 0.717) is 16.5 Å². The van der Waals surface area contributed by atoms with Crippen LogP contribution in [-0.2, 0) is 9.53 Å². The molecule has 3 rings (SSSR count). The lowest BCUT2D eigenvalue weighted by Crippen LogP contribution is -2.42. The van der Waals surface area contributed by atoms with Gasteiger partial charge in [0.05, 0.1) is 6.54 Å². The monoisotopic (exact) mass is 309 g/mol. The zero-order valence-corrected chi connectivity index (χ0v) is 12.7. The third-order valence-electron chi connectivity index (χ3n) is 3.75. The van der Waals surface area contributed by atoms with Gasteiger partial charge in [0.2, 0.25) is 0 Å². The van der Waals surface area contributed by atoms with Crippen LogP contribution in [0, 0.1) is 0 Å². The van der Waals surface area contributed by atoms with Crippen molar-refractivity contribution >= 4 is 28.6 Å². The second kappa shape index (κ2) is 5.68. The number of nitrogens with zero attached hydrogens (tertiary/aromatic N) is 1. The lowest BCUT2D eigenvalue weighted by atomic mass is 9.94. The van der Waals surface area contributed by atoms with Crippen molar-refractivity contribution in [3.63, 3.8) is 0 Å². The van der Waals surface area contributed by atoms with E-state index in [0.717, 1.165) is 10.3 Å². The Bertz CT molecular complexity index is 802. The fourth-order valence-electron chi connectivity index (χ4n) is 2.64. The summed E-state index contributed by atoms with van der Waals surface area (Å²) in [5.74, 6) is -1.28. The van der Waals surface area contributed by atoms with Crippen LogP contribution in [0.2, 0.25) is 0 Å². The maximum atomic E-state index is 12.6. The Morgan fingerprint density at radius 3 is 2.17 bits per heavy atom. The number of imide groups is 1. The van der Waals surface area contributed by atoms with E-state index in [4.69, 9.17) is 4.74 Å². The van der Waals surface area contributed by atoms with Crippen molar-refractivity contribution in [3.8, 4) is 0 Å². The zero-order valence-electron chi connectivity index (χ0n) is 12.7. The fraction of sp³-hybridized carbons (Fsp3) is 0.167. The van der Waals surface area contributed by atoms with Gasteiger partial charge < -0.3 is 4.74 Å². The van der Waals surface area contributed by atoms with Crippen LogP contribution >= 0.6 is 0 Å². The van der Waals surface area contributed by atoms with E-state index in [1.807, 2.05) is 12.1 Å². The van der Waals surface area contributed by atoms with Crippen molar-refractivity contribution in [2.24, 2.45) is 0 Å². The van der Waals surface area contributed by atoms with E-state index in [1.165, 1.54) is 6.92 Å². The van der Waals surface area contributed by atoms with E-state index in [9.17, 15) is 14.4 Å². The average Bonchev–Trinajstić information content (AvgIpc) is 2.55. The Kier molecular flexibility index (Phi) is 3.70. The summed E-state index contributed by atoms with van der Waals surface area (Å²) < 4.78 is 4.98. The molecule has 2 aromatic carbocycles. The predicted octanol–water partition coefficient (Wildman–Crippen LogP) is 2.56. The van der Waals surface area contributed by atoms with Gasteiger partial charge in [0.25, 0.3) is 11.8 Å². The largest absolute Gasteiger partial charge is 0.460 e. The Balaban J connectivity index is 1.88. The van der Waals surface area contributed by atoms with Gasteiger partial charge in [0, 0.05) is 22.1 Å². The summed E-state index contributed by atoms with van der Waals surface area (Å²) in [6.07, 6.45) is 0. The molecule has 0 spiro atoms. The molecule has 5 heteroatoms. The maximum absolute atomic E-state index is 12.6. The molecule has 23 heavy (non-hydrogen) atoms. The van der Waals surface area contributed by atoms with Gasteiger partial charge in [-0.25, -0.2) is 4.79 Å². The quantitative estimate of drug-likeness (QED) is 0.494. The molecule has 0 bridgehead atoms. The molecule has 0 atom stereocenters. The summed E-state index contributed by atoms with van der Waals surface area (Å²) in [6.45, 7) is 4.98. The summed E-state index contributed by atoms with van der Waals surface area (Å²) in [6, 6.07) is 10.7. The maximum Gasteiger partial charge on any atom is 0.333 e. The van der Waals surface area contributed by atoms with Crippen molar-refractivity contribution in [3.05, 3.63) is 59.7 Å². The van der Waals surface area contributed by atoms with Gasteiger partial charge in [-0.2, -0.15) is 0 Å². The molecule has 0 fully saturated rings. The van der Waals surface area contributed by atoms with Gasteiger partial charge in [-0.1, -0.05) is 30.8 Å². The van der Waals surface area contributed by atoms with Crippen LogP contribution < -0.4 is 0 Å². The Morgan fingerprint density at radius 2 is 1.65 bits per heavy atom. The minimum absolute atomic E-state index is 0.0153. The first-order valence-corrected chi connectivity index (χ1v) is 7.21. The Hall–Kier alpha value is -2.95. The van der Waals surface area contributed by atoms with Gasteiger partial charge >= 0.3 is 5.97 Å². The summed E-state index contributed by atoms with van der Waals surface area (Å²) in [4.78, 5) is 37.6. The molecule has 0 saturated carbocycles. The van der Waals surface area contributed by atoms with Crippen LogP contribution in [-0.4, -0.2) is 35.8 Å². The highest BCUT2D eigenvalue weighted by Gasteiger charge is 2.32. The van der Waals surface area contributed by atoms with Crippen molar-refractivity contribution in [2.75, 3.05) is 13.2 Å². The number of rotatable bonds is 4. The van der Waals surface area contributed by atoms with E-state index in [-0.39, 0.29) is 30.5 Å². The highest BCUT2D eigenvalue weighted by atomic mass is 16.5. The number of amides is 2. The highest BCUT2D eigenvalue weighted by Crippen LogP contribution is 2.29. The van der Waals surface area contributed by atoms with Gasteiger partial charge in [-0.15, -0.1) is 0 Å². The third-order valence-corrected chi connectivity index (χ3v) is 3.75. The van der Waals surface area contributed by atoms with Crippen molar-refractivity contribution in [2.45, 2.75) is 6.92 Å². The molecular formula is C18H15NO4. The van der Waals surface area contributed by atoms with Crippen molar-refractivity contribution in [1.29, 1.82) is 0 Å². The van der Waals surface area contributed by atoms with E-state index >= 15 is 0 Å². The number of benzene rings is 2. The van der Waals surface area contributed by atoms with Crippen molar-refractivity contribution in [1.82, 2.24) is 4.90 Å². The van der Waals surface area contributed by atoms with Crippen LogP contribution in [0.5, 0.6) is 0 Å². The second-order valence-corrected chi connectivity index (χ2v) is 5.39. The zero-order chi connectivity index (χ0) is 16.6. The summed E-state index contributed by atoms with van der Waals surface area (Å²) in [5.41, 5.74) is 1.25. The molecule has 0 saturated heterocycles. The average molecular weight is 309 g/mol. The van der Waals surface area contributed by atoms with Gasteiger partial charge in [-0.3, -0.25) is 14.5 Å². The number of hydrogen-bond acceptors (Lipinski definition) is 4. The fourth-order valence-corrected chi connectivity index (χ4v) is 2.64. The van der Waals surface area contributed by atoms with Crippen LogP contribution in [0.1, 0.15) is 27.6 Å². The van der Waals surface area contributed by atoms with E-state index in [1.54, 1.807) is 24.3 Å². The Labute approximate surface area is 133 Å². The van der Waals surface area contributed by atoms with E-state index < -0.39 is 5.97 Å². The molecule has 0 radical (unpaired) electrons. The molecule has 0 unspecified atom stereocenters. The molecule has 5 nitrogen and oxygen atoms in total. The first-order valence-electron chi connectivity index (χ1n) is 7.21. The molecule has 1 heterocycles. The van der Waals surface area contributed by atoms with Crippen LogP contribution in [0.4, 0.5) is 0 Å². The number of hydrogen-bond donors (Lipinski definition) is 0. The second-order valence-electron chi connectivity index (χ2n) is 5.39. The van der Waals surface area contributed by atoms with Crippen LogP contribution in [0.25, 0.3) is 10.8 Å². The van der Waals surface area contributed by atoms with Gasteiger partial charge in [0.1, 0.15) is 6.61 Å². The lowest BCUT2D eigenvalue weighted by Gasteiger charge is -2.26. The Morgan fingerprint density at radius 1 is 1.09 bits per heavy atom. The number of carbonyl (C=O) groups excluding carboxylic acids is 3. The van der Waals surface area contributed by atoms with Crippen molar-refractivity contribution < 1.29 is 19.1 Å². The SMILES string of the molecule is C=C(C)C(=O)OCCN1C(=O)c2cccc3cccc(c23)C1=O. The van der Waals surface area contributed by atoms with Gasteiger partial charge in [-0.05, 0) is 24.4 Å². The molecule has 1 aliphatic rings. The first-order chi connectivity index (χ1) is 11.0. The van der Waals surface area contributed by atoms with E-state index in [2.05, 4.69) is 6.58 Å². The van der Waals surface area contributed by atoms with Gasteiger partial charge in [0.15, 0.2) is 0 Å². The number of ether oxygens (including phenoxy) is 1. The topological polar surface area (TPSA) is 63.7 Å². The summed E-state index contributed by atoms with van der Waals surface area (Å²) >= 11 is 0. The first kappa shape index (κ1) is 15.0. The summed E-state index contributed by atoms with van der Waals surface area (Å²) in [5, 5.41) is 1.54. The number of esters is 1. The smallest absolute Gasteiger partial charge is 0.333 e. The molecular weight excluding hydrogens is 294 g/mol. The molecule has 0 aromatic heterocycles. The highest BCUT2D eigenvalue weighted by molar-refractivity contribution is 6.25. The van der Waals surface area contributed by atoms with Crippen LogP contribution in [0.3, 0.4) is 0 Å². The normalized spacial score (nSPS) is 13.3. The third kappa shape index (κ3) is 2.50. The minimum Gasteiger partial charge on any atom is -0.460 e. The molecule has 2 amide bonds. The standard InChI is InChI=1S/C18H15NO4/c1-11(2)18(22)23-10-9-19-16(20)13-7-3-5-12-6-4-8-14(15(12)13)17(19)21/h3-8H,1,9-10H2,2H3. The minimum atomic E-state index is -0.538. The molecule has 0 N–H and O–H groups in total. The lowest BCUT2D eigenvalue weighted by molar-refractivity contribution is -0.139. The summed E-state index contributed by atoms with van der Waals surface area (Å²) in [7, 11) is 0.